The normalized spacial score (nSPS) is 9.36. The van der Waals surface area contributed by atoms with Gasteiger partial charge in [0.15, 0.2) is 0 Å². The summed E-state index contributed by atoms with van der Waals surface area (Å²) in [6.45, 7) is 0. The Morgan fingerprint density at radius 1 is 1.29 bits per heavy atom. The van der Waals surface area contributed by atoms with E-state index in [0.29, 0.717) is 5.56 Å². The lowest BCUT2D eigenvalue weighted by molar-refractivity contribution is 0.955. The number of nitrogens with zero attached hydrogens (tertiary/aromatic N) is 3. The summed E-state index contributed by atoms with van der Waals surface area (Å²) >= 11 is 0. The molecule has 0 saturated carbocycles. The zero-order chi connectivity index (χ0) is 9.80. The number of anilines is 1. The first-order valence-electron chi connectivity index (χ1n) is 4.13. The van der Waals surface area contributed by atoms with Gasteiger partial charge >= 0.3 is 0 Å². The molecular weight excluding hydrogens is 176 g/mol. The highest BCUT2D eigenvalue weighted by Gasteiger charge is 1.92. The second-order valence-corrected chi connectivity index (χ2v) is 2.77. The summed E-state index contributed by atoms with van der Waals surface area (Å²) in [5, 5.41) is 8.60. The lowest BCUT2D eigenvalue weighted by Crippen LogP contribution is -2.05. The van der Waals surface area contributed by atoms with Crippen LogP contribution < -0.4 is 5.43 Å². The number of nitriles is 1. The van der Waals surface area contributed by atoms with Gasteiger partial charge in [0.1, 0.15) is 6.33 Å². The Morgan fingerprint density at radius 2 is 2.07 bits per heavy atom. The molecule has 14 heavy (non-hydrogen) atoms. The second kappa shape index (κ2) is 3.62. The molecule has 0 radical (unpaired) electrons. The van der Waals surface area contributed by atoms with Crippen molar-refractivity contribution in [3.8, 4) is 6.07 Å². The smallest absolute Gasteiger partial charge is 0.114 e. The summed E-state index contributed by atoms with van der Waals surface area (Å²) in [7, 11) is 0. The van der Waals surface area contributed by atoms with Crippen molar-refractivity contribution in [1.82, 2.24) is 9.66 Å². The molecule has 4 nitrogen and oxygen atoms in total. The zero-order valence-electron chi connectivity index (χ0n) is 7.38. The Morgan fingerprint density at radius 3 is 2.64 bits per heavy atom. The fourth-order valence-corrected chi connectivity index (χ4v) is 1.09. The van der Waals surface area contributed by atoms with Crippen LogP contribution in [0.5, 0.6) is 0 Å². The first kappa shape index (κ1) is 8.32. The summed E-state index contributed by atoms with van der Waals surface area (Å²) in [5.41, 5.74) is 4.65. The molecule has 0 amide bonds. The van der Waals surface area contributed by atoms with Gasteiger partial charge in [-0.25, -0.2) is 4.98 Å². The topological polar surface area (TPSA) is 53.6 Å². The fraction of sp³-hybridized carbons (Fsp3) is 0. The maximum atomic E-state index is 8.60. The highest BCUT2D eigenvalue weighted by atomic mass is 15.4. The Bertz CT molecular complexity index is 436. The first-order valence-corrected chi connectivity index (χ1v) is 4.13. The molecule has 0 aliphatic carbocycles. The van der Waals surface area contributed by atoms with Gasteiger partial charge in [-0.15, -0.1) is 0 Å². The third-order valence-electron chi connectivity index (χ3n) is 1.78. The lowest BCUT2D eigenvalue weighted by atomic mass is 10.2. The summed E-state index contributed by atoms with van der Waals surface area (Å²) in [5.74, 6) is 0. The minimum absolute atomic E-state index is 0.654. The van der Waals surface area contributed by atoms with Crippen LogP contribution in [0.2, 0.25) is 0 Å². The van der Waals surface area contributed by atoms with Crippen molar-refractivity contribution < 1.29 is 0 Å². The maximum Gasteiger partial charge on any atom is 0.114 e. The minimum Gasteiger partial charge on any atom is -0.293 e. The monoisotopic (exact) mass is 184 g/mol. The summed E-state index contributed by atoms with van der Waals surface area (Å²) < 4.78 is 1.74. The average Bonchev–Trinajstić information content (AvgIpc) is 2.72. The number of nitrogens with one attached hydrogen (secondary N) is 1. The second-order valence-electron chi connectivity index (χ2n) is 2.77. The maximum absolute atomic E-state index is 8.60. The zero-order valence-corrected chi connectivity index (χ0v) is 7.38. The van der Waals surface area contributed by atoms with E-state index in [-0.39, 0.29) is 0 Å². The molecule has 1 aromatic heterocycles. The Hall–Kier alpha value is -2.28. The molecule has 0 aliphatic heterocycles. The predicted molar refractivity (Wildman–Crippen MR) is 52.4 cm³/mol. The van der Waals surface area contributed by atoms with E-state index < -0.39 is 0 Å². The molecule has 0 atom stereocenters. The standard InChI is InChI=1S/C10H8N4/c11-7-9-1-3-10(4-2-9)13-14-6-5-12-8-14/h1-6,8,13H. The van der Waals surface area contributed by atoms with Crippen molar-refractivity contribution in [3.05, 3.63) is 48.5 Å². The van der Waals surface area contributed by atoms with E-state index in [2.05, 4.69) is 16.5 Å². The van der Waals surface area contributed by atoms with Crippen molar-refractivity contribution in [2.45, 2.75) is 0 Å². The van der Waals surface area contributed by atoms with Crippen molar-refractivity contribution in [2.75, 3.05) is 5.43 Å². The van der Waals surface area contributed by atoms with Gasteiger partial charge in [0.2, 0.25) is 0 Å². The van der Waals surface area contributed by atoms with Gasteiger partial charge in [-0.2, -0.15) is 5.26 Å². The van der Waals surface area contributed by atoms with E-state index in [1.165, 1.54) is 0 Å². The van der Waals surface area contributed by atoms with Crippen LogP contribution in [0.4, 0.5) is 5.69 Å². The van der Waals surface area contributed by atoms with E-state index in [1.54, 1.807) is 35.5 Å². The van der Waals surface area contributed by atoms with Gasteiger partial charge < -0.3 is 0 Å². The summed E-state index contributed by atoms with van der Waals surface area (Å²) in [6, 6.07) is 9.28. The first-order chi connectivity index (χ1) is 6.88. The van der Waals surface area contributed by atoms with Crippen LogP contribution in [-0.2, 0) is 0 Å². The van der Waals surface area contributed by atoms with Crippen molar-refractivity contribution in [1.29, 1.82) is 5.26 Å². The Labute approximate surface area is 81.4 Å². The molecule has 0 spiro atoms. The van der Waals surface area contributed by atoms with Crippen LogP contribution in [0.25, 0.3) is 0 Å². The number of hydrogen-bond acceptors (Lipinski definition) is 3. The molecular formula is C10H8N4. The van der Waals surface area contributed by atoms with Crippen molar-refractivity contribution in [2.24, 2.45) is 0 Å². The van der Waals surface area contributed by atoms with Gasteiger partial charge in [0.25, 0.3) is 0 Å². The van der Waals surface area contributed by atoms with Gasteiger partial charge in [0, 0.05) is 12.4 Å². The van der Waals surface area contributed by atoms with Crippen LogP contribution in [-0.4, -0.2) is 9.66 Å². The fourth-order valence-electron chi connectivity index (χ4n) is 1.09. The molecule has 1 aromatic carbocycles. The molecule has 1 N–H and O–H groups in total. The van der Waals surface area contributed by atoms with Crippen molar-refractivity contribution in [3.63, 3.8) is 0 Å². The number of aromatic nitrogens is 2. The van der Waals surface area contributed by atoms with Crippen LogP contribution in [0.3, 0.4) is 0 Å². The average molecular weight is 184 g/mol. The van der Waals surface area contributed by atoms with E-state index in [4.69, 9.17) is 5.26 Å². The third kappa shape index (κ3) is 1.72. The Balaban J connectivity index is 2.15. The molecule has 2 aromatic rings. The largest absolute Gasteiger partial charge is 0.293 e. The lowest BCUT2D eigenvalue weighted by Gasteiger charge is -2.05. The predicted octanol–water partition coefficient (Wildman–Crippen LogP) is 1.63. The van der Waals surface area contributed by atoms with E-state index >= 15 is 0 Å². The molecule has 2 rings (SSSR count). The number of rotatable bonds is 2. The minimum atomic E-state index is 0.654. The SMILES string of the molecule is N#Cc1ccc(Nn2ccnc2)cc1. The molecule has 1 heterocycles. The van der Waals surface area contributed by atoms with Crippen LogP contribution in [0.15, 0.2) is 43.0 Å². The van der Waals surface area contributed by atoms with Gasteiger partial charge in [-0.3, -0.25) is 10.1 Å². The number of hydrogen-bond donors (Lipinski definition) is 1. The third-order valence-corrected chi connectivity index (χ3v) is 1.78. The summed E-state index contributed by atoms with van der Waals surface area (Å²) in [6.07, 6.45) is 5.16. The molecule has 0 unspecified atom stereocenters. The molecule has 0 aliphatic rings. The van der Waals surface area contributed by atoms with E-state index in [0.717, 1.165) is 5.69 Å². The van der Waals surface area contributed by atoms with Crippen LogP contribution >= 0.6 is 0 Å². The Kier molecular flexibility index (Phi) is 2.15. The van der Waals surface area contributed by atoms with Crippen LogP contribution in [0.1, 0.15) is 5.56 Å². The van der Waals surface area contributed by atoms with Gasteiger partial charge in [-0.1, -0.05) is 0 Å². The molecule has 4 heteroatoms. The highest BCUT2D eigenvalue weighted by molar-refractivity contribution is 5.46. The highest BCUT2D eigenvalue weighted by Crippen LogP contribution is 2.08. The molecule has 68 valence electrons. The quantitative estimate of drug-likeness (QED) is 0.771. The van der Waals surface area contributed by atoms with Gasteiger partial charge in [-0.05, 0) is 24.3 Å². The van der Waals surface area contributed by atoms with Crippen molar-refractivity contribution >= 4 is 5.69 Å². The van der Waals surface area contributed by atoms with Gasteiger partial charge in [0.05, 0.1) is 17.3 Å². The molecule has 0 fully saturated rings. The van der Waals surface area contributed by atoms with E-state index in [9.17, 15) is 0 Å². The molecule has 0 saturated heterocycles. The van der Waals surface area contributed by atoms with Crippen LogP contribution in [0, 0.1) is 11.3 Å². The number of imidazole rings is 1. The number of benzene rings is 1. The molecule has 0 bridgehead atoms. The van der Waals surface area contributed by atoms with E-state index in [1.807, 2.05) is 12.1 Å². The summed E-state index contributed by atoms with van der Waals surface area (Å²) in [4.78, 5) is 3.90.